The fraction of sp³-hybridized carbons (Fsp3) is 0.600. The molecule has 0 spiro atoms. The molecule has 4 nitrogen and oxygen atoms in total. The Labute approximate surface area is 146 Å². The topological polar surface area (TPSA) is 44.7 Å². The van der Waals surface area contributed by atoms with Crippen LogP contribution in [0.1, 0.15) is 58.4 Å². The summed E-state index contributed by atoms with van der Waals surface area (Å²) in [6.45, 7) is 8.52. The molecule has 1 aliphatic rings. The molecule has 1 aromatic carbocycles. The van der Waals surface area contributed by atoms with Crippen LogP contribution in [-0.4, -0.2) is 25.2 Å². The van der Waals surface area contributed by atoms with Crippen LogP contribution in [0, 0.1) is 11.8 Å². The van der Waals surface area contributed by atoms with Gasteiger partial charge in [-0.05, 0) is 50.3 Å². The summed E-state index contributed by atoms with van der Waals surface area (Å²) < 4.78 is 0. The van der Waals surface area contributed by atoms with E-state index in [1.54, 1.807) is 6.21 Å². The third-order valence-electron chi connectivity index (χ3n) is 4.85. The fourth-order valence-corrected chi connectivity index (χ4v) is 3.16. The Kier molecular flexibility index (Phi) is 7.29. The molecule has 4 heteroatoms. The van der Waals surface area contributed by atoms with Crippen molar-refractivity contribution >= 4 is 17.8 Å². The number of carbonyl (C=O) groups excluding carboxylic acids is 1. The number of unbranched alkanes of at least 4 members (excludes halogenated alkanes) is 2. The maximum absolute atomic E-state index is 12.0. The molecule has 0 bridgehead atoms. The average molecular weight is 329 g/mol. The summed E-state index contributed by atoms with van der Waals surface area (Å²) in [6, 6.07) is 8.27. The maximum Gasteiger partial charge on any atom is 0.243 e. The first-order valence-corrected chi connectivity index (χ1v) is 9.37. The zero-order valence-corrected chi connectivity index (χ0v) is 15.3. The van der Waals surface area contributed by atoms with Gasteiger partial charge in [-0.1, -0.05) is 38.3 Å². The van der Waals surface area contributed by atoms with E-state index in [2.05, 4.69) is 48.3 Å². The minimum atomic E-state index is 0.0764. The van der Waals surface area contributed by atoms with E-state index in [9.17, 15) is 4.79 Å². The molecule has 1 N–H and O–H groups in total. The number of hydrogen-bond acceptors (Lipinski definition) is 3. The summed E-state index contributed by atoms with van der Waals surface area (Å²) in [5.74, 6) is 0.844. The molecule has 1 fully saturated rings. The van der Waals surface area contributed by atoms with Crippen molar-refractivity contribution in [3.05, 3.63) is 29.8 Å². The molecule has 1 aliphatic carbocycles. The van der Waals surface area contributed by atoms with Crippen molar-refractivity contribution < 1.29 is 4.79 Å². The van der Waals surface area contributed by atoms with Gasteiger partial charge in [0, 0.05) is 24.7 Å². The lowest BCUT2D eigenvalue weighted by atomic mass is 10.1. The average Bonchev–Trinajstić information content (AvgIpc) is 3.37. The highest BCUT2D eigenvalue weighted by Crippen LogP contribution is 2.42. The molecule has 2 atom stereocenters. The second kappa shape index (κ2) is 9.45. The van der Waals surface area contributed by atoms with Crippen molar-refractivity contribution in [3.63, 3.8) is 0 Å². The van der Waals surface area contributed by atoms with E-state index in [4.69, 9.17) is 0 Å². The first kappa shape index (κ1) is 18.5. The minimum Gasteiger partial charge on any atom is -0.372 e. The van der Waals surface area contributed by atoms with Crippen molar-refractivity contribution in [1.29, 1.82) is 0 Å². The summed E-state index contributed by atoms with van der Waals surface area (Å²) in [7, 11) is 0. The van der Waals surface area contributed by atoms with Gasteiger partial charge >= 0.3 is 0 Å². The van der Waals surface area contributed by atoms with Gasteiger partial charge in [0.1, 0.15) is 0 Å². The fourth-order valence-electron chi connectivity index (χ4n) is 3.16. The highest BCUT2D eigenvalue weighted by Gasteiger charge is 2.41. The molecule has 132 valence electrons. The van der Waals surface area contributed by atoms with Gasteiger partial charge in [-0.2, -0.15) is 5.10 Å². The van der Waals surface area contributed by atoms with E-state index < -0.39 is 0 Å². The predicted octanol–water partition coefficient (Wildman–Crippen LogP) is 4.20. The van der Waals surface area contributed by atoms with Crippen molar-refractivity contribution in [2.45, 2.75) is 52.9 Å². The van der Waals surface area contributed by atoms with Crippen LogP contribution in [0.15, 0.2) is 29.4 Å². The lowest BCUT2D eigenvalue weighted by molar-refractivity contribution is -0.122. The second-order valence-corrected chi connectivity index (χ2v) is 6.60. The molecule has 24 heavy (non-hydrogen) atoms. The number of anilines is 1. The molecule has 0 unspecified atom stereocenters. The van der Waals surface area contributed by atoms with Gasteiger partial charge in [-0.3, -0.25) is 4.79 Å². The zero-order chi connectivity index (χ0) is 17.4. The summed E-state index contributed by atoms with van der Waals surface area (Å²) in [4.78, 5) is 14.3. The molecule has 1 saturated carbocycles. The lowest BCUT2D eigenvalue weighted by Gasteiger charge is -2.20. The zero-order valence-electron chi connectivity index (χ0n) is 15.3. The molecule has 0 radical (unpaired) electrons. The maximum atomic E-state index is 12.0. The quantitative estimate of drug-likeness (QED) is 0.397. The van der Waals surface area contributed by atoms with E-state index >= 15 is 0 Å². The molecule has 1 aromatic rings. The van der Waals surface area contributed by atoms with Gasteiger partial charge in [0.15, 0.2) is 0 Å². The Morgan fingerprint density at radius 1 is 1.21 bits per heavy atom. The van der Waals surface area contributed by atoms with Gasteiger partial charge in [-0.25, -0.2) is 5.43 Å². The van der Waals surface area contributed by atoms with Gasteiger partial charge in [0.25, 0.3) is 0 Å². The number of rotatable bonds is 10. The molecular weight excluding hydrogens is 298 g/mol. The molecular formula is C20H31N3O. The van der Waals surface area contributed by atoms with Crippen molar-refractivity contribution in [2.24, 2.45) is 16.9 Å². The number of benzene rings is 1. The Balaban J connectivity index is 1.75. The molecule has 0 saturated heterocycles. The van der Waals surface area contributed by atoms with E-state index in [0.717, 1.165) is 25.1 Å². The number of nitrogens with zero attached hydrogens (tertiary/aromatic N) is 2. The third-order valence-corrected chi connectivity index (χ3v) is 4.85. The van der Waals surface area contributed by atoms with Crippen molar-refractivity contribution in [2.75, 3.05) is 18.0 Å². The second-order valence-electron chi connectivity index (χ2n) is 6.60. The largest absolute Gasteiger partial charge is 0.372 e. The molecule has 0 aromatic heterocycles. The van der Waals surface area contributed by atoms with Gasteiger partial charge < -0.3 is 4.90 Å². The van der Waals surface area contributed by atoms with E-state index in [1.165, 1.54) is 31.4 Å². The predicted molar refractivity (Wildman–Crippen MR) is 101 cm³/mol. The van der Waals surface area contributed by atoms with Crippen LogP contribution in [0.3, 0.4) is 0 Å². The van der Waals surface area contributed by atoms with Gasteiger partial charge in [0.2, 0.25) is 5.91 Å². The third kappa shape index (κ3) is 5.36. The number of hydrogen-bond donors (Lipinski definition) is 1. The van der Waals surface area contributed by atoms with E-state index in [-0.39, 0.29) is 11.8 Å². The van der Waals surface area contributed by atoms with E-state index in [1.807, 2.05) is 12.1 Å². The monoisotopic (exact) mass is 329 g/mol. The molecule has 2 rings (SSSR count). The number of amides is 1. The standard InChI is InChI=1S/C20H31N3O/c1-4-7-8-9-17-14-19(17)20(24)22-21-15-16-10-12-18(13-11-16)23(5-2)6-3/h10-13,15,17,19H,4-9,14H2,1-3H3,(H,22,24)/t17-,19-/m1/s1. The van der Waals surface area contributed by atoms with Crippen LogP contribution in [0.4, 0.5) is 5.69 Å². The van der Waals surface area contributed by atoms with Crippen LogP contribution >= 0.6 is 0 Å². The minimum absolute atomic E-state index is 0.0764. The van der Waals surface area contributed by atoms with Crippen LogP contribution in [-0.2, 0) is 4.79 Å². The van der Waals surface area contributed by atoms with Crippen LogP contribution in [0.5, 0.6) is 0 Å². The van der Waals surface area contributed by atoms with E-state index in [0.29, 0.717) is 5.92 Å². The number of hydrazone groups is 1. The lowest BCUT2D eigenvalue weighted by Crippen LogP contribution is -2.21. The Morgan fingerprint density at radius 3 is 2.54 bits per heavy atom. The SMILES string of the molecule is CCCCC[C@@H]1C[C@H]1C(=O)NN=Cc1ccc(N(CC)CC)cc1. The Bertz CT molecular complexity index is 534. The highest BCUT2D eigenvalue weighted by atomic mass is 16.2. The Morgan fingerprint density at radius 2 is 1.92 bits per heavy atom. The summed E-state index contributed by atoms with van der Waals surface area (Å²) in [5, 5.41) is 4.11. The summed E-state index contributed by atoms with van der Waals surface area (Å²) in [6.07, 6.45) is 7.69. The summed E-state index contributed by atoms with van der Waals surface area (Å²) in [5.41, 5.74) is 4.91. The first-order valence-electron chi connectivity index (χ1n) is 9.37. The smallest absolute Gasteiger partial charge is 0.243 e. The summed E-state index contributed by atoms with van der Waals surface area (Å²) >= 11 is 0. The molecule has 1 amide bonds. The number of carbonyl (C=O) groups is 1. The van der Waals surface area contributed by atoms with Crippen LogP contribution in [0.25, 0.3) is 0 Å². The highest BCUT2D eigenvalue weighted by molar-refractivity contribution is 5.85. The molecule has 0 heterocycles. The van der Waals surface area contributed by atoms with Crippen LogP contribution < -0.4 is 10.3 Å². The Hall–Kier alpha value is -1.84. The van der Waals surface area contributed by atoms with Crippen LogP contribution in [0.2, 0.25) is 0 Å². The van der Waals surface area contributed by atoms with Gasteiger partial charge in [-0.15, -0.1) is 0 Å². The number of nitrogens with one attached hydrogen (secondary N) is 1. The normalized spacial score (nSPS) is 19.5. The first-order chi connectivity index (χ1) is 11.7. The van der Waals surface area contributed by atoms with Gasteiger partial charge in [0.05, 0.1) is 6.21 Å². The molecule has 0 aliphatic heterocycles. The van der Waals surface area contributed by atoms with Crippen molar-refractivity contribution in [3.8, 4) is 0 Å². The van der Waals surface area contributed by atoms with Crippen molar-refractivity contribution in [1.82, 2.24) is 5.43 Å².